The first-order chi connectivity index (χ1) is 20.1. The number of aryl methyl sites for hydroxylation is 2. The first-order valence-corrected chi connectivity index (χ1v) is 13.0. The largest absolute Gasteiger partial charge is 0.494 e. The molecule has 1 atom stereocenters. The maximum atomic E-state index is 13.3. The van der Waals surface area contributed by atoms with Crippen LogP contribution in [0.3, 0.4) is 0 Å². The lowest BCUT2D eigenvalue weighted by Gasteiger charge is -2.16. The molecule has 229 valence electrons. The molecule has 3 aromatic carbocycles. The molecule has 0 spiro atoms. The summed E-state index contributed by atoms with van der Waals surface area (Å²) in [4.78, 5) is 21.1. The number of ketones is 1. The van der Waals surface area contributed by atoms with Gasteiger partial charge in [0.1, 0.15) is 24.1 Å². The molecule has 0 saturated heterocycles. The third-order valence-corrected chi connectivity index (χ3v) is 5.81. The van der Waals surface area contributed by atoms with Gasteiger partial charge in [-0.1, -0.05) is 48.5 Å². The molecule has 0 aliphatic rings. The Morgan fingerprint density at radius 2 is 1.69 bits per heavy atom. The van der Waals surface area contributed by atoms with E-state index in [2.05, 4.69) is 16.7 Å². The summed E-state index contributed by atoms with van der Waals surface area (Å²) in [6.45, 7) is 4.30. The second-order valence-electron chi connectivity index (χ2n) is 8.97. The minimum Gasteiger partial charge on any atom is -0.494 e. The highest BCUT2D eigenvalue weighted by atomic mass is 19.4. The van der Waals surface area contributed by atoms with Gasteiger partial charge in [0.05, 0.1) is 12.5 Å². The number of ether oxygens (including phenoxy) is 2. The van der Waals surface area contributed by atoms with E-state index in [0.29, 0.717) is 36.3 Å². The second-order valence-corrected chi connectivity index (χ2v) is 8.97. The van der Waals surface area contributed by atoms with Crippen LogP contribution in [-0.2, 0) is 33.6 Å². The van der Waals surface area contributed by atoms with Gasteiger partial charge in [-0.15, -0.1) is 12.3 Å². The van der Waals surface area contributed by atoms with Crippen LogP contribution in [0.15, 0.2) is 72.8 Å². The topological polar surface area (TPSA) is 52.6 Å². The number of Topliss-reactive ketones (excluding diaryl/α,β-unsaturated/α-hetero) is 1. The highest BCUT2D eigenvalue weighted by molar-refractivity contribution is 5.88. The predicted molar refractivity (Wildman–Crippen MR) is 162 cm³/mol. The zero-order chi connectivity index (χ0) is 31.5. The smallest absolute Gasteiger partial charge is 0.410 e. The van der Waals surface area contributed by atoms with Crippen molar-refractivity contribution in [2.45, 2.75) is 44.7 Å². The van der Waals surface area contributed by atoms with Gasteiger partial charge in [-0.3, -0.25) is 4.79 Å². The van der Waals surface area contributed by atoms with Crippen LogP contribution in [0.25, 0.3) is 0 Å². The van der Waals surface area contributed by atoms with E-state index in [-0.39, 0.29) is 34.8 Å². The zero-order valence-electron chi connectivity index (χ0n) is 24.0. The van der Waals surface area contributed by atoms with Crippen molar-refractivity contribution in [2.75, 3.05) is 20.8 Å². The molecule has 0 heterocycles. The van der Waals surface area contributed by atoms with Gasteiger partial charge < -0.3 is 14.3 Å². The van der Waals surface area contributed by atoms with Crippen molar-refractivity contribution < 1.29 is 40.9 Å². The lowest BCUT2D eigenvalue weighted by atomic mass is 9.88. The van der Waals surface area contributed by atoms with Crippen LogP contribution >= 0.6 is 0 Å². The fourth-order valence-corrected chi connectivity index (χ4v) is 4.02. The first-order valence-electron chi connectivity index (χ1n) is 13.0. The number of hydrogen-bond donors (Lipinski definition) is 0. The van der Waals surface area contributed by atoms with E-state index in [1.807, 2.05) is 38.0 Å². The van der Waals surface area contributed by atoms with Gasteiger partial charge in [0, 0.05) is 37.4 Å². The van der Waals surface area contributed by atoms with Gasteiger partial charge in [-0.05, 0) is 71.9 Å². The summed E-state index contributed by atoms with van der Waals surface area (Å²) < 4.78 is 60.7. The van der Waals surface area contributed by atoms with E-state index in [4.69, 9.17) is 16.0 Å². The normalized spacial score (nSPS) is 11.4. The van der Waals surface area contributed by atoms with Gasteiger partial charge in [-0.25, -0.2) is 4.39 Å². The number of carbonyl (C=O) groups excluding carboxylic acids is 2. The van der Waals surface area contributed by atoms with Crippen molar-refractivity contribution in [3.8, 4) is 18.1 Å². The molecule has 0 amide bonds. The fraction of sp³-hybridized carbons (Fsp3) is 0.294. The maximum absolute atomic E-state index is 13.3. The lowest BCUT2D eigenvalue weighted by molar-refractivity contribution is -0.119. The van der Waals surface area contributed by atoms with E-state index in [1.54, 1.807) is 44.6 Å². The number of halogens is 4. The number of rotatable bonds is 11. The Balaban J connectivity index is -0.00000208. The molecular weight excluding hydrogens is 548 g/mol. The van der Waals surface area contributed by atoms with Gasteiger partial charge in [0.25, 0.3) is 0 Å². The van der Waals surface area contributed by atoms with E-state index in [9.17, 15) is 22.4 Å². The number of benzene rings is 3. The average molecular weight is 590 g/mol. The van der Waals surface area contributed by atoms with Crippen molar-refractivity contribution in [1.29, 1.82) is 0 Å². The van der Waals surface area contributed by atoms with Crippen LogP contribution in [-0.4, -0.2) is 39.6 Å². The lowest BCUT2D eigenvalue weighted by Crippen LogP contribution is -2.15. The Morgan fingerprint density at radius 3 is 2.29 bits per heavy atom. The number of alkyl halides is 3. The number of allylic oxidation sites excluding steroid dienone is 1. The molecule has 8 heteroatoms. The Kier molecular flexibility index (Phi) is 16.2. The Labute approximate surface area is 249 Å². The van der Waals surface area contributed by atoms with Crippen molar-refractivity contribution in [1.82, 2.24) is 0 Å². The number of hydrogen-bond acceptors (Lipinski definition) is 4. The van der Waals surface area contributed by atoms with Crippen LogP contribution < -0.4 is 4.74 Å². The van der Waals surface area contributed by atoms with E-state index < -0.39 is 12.1 Å². The van der Waals surface area contributed by atoms with Crippen LogP contribution in [0.4, 0.5) is 17.6 Å². The quantitative estimate of drug-likeness (QED) is 0.168. The summed E-state index contributed by atoms with van der Waals surface area (Å²) in [5, 5.41) is 0. The van der Waals surface area contributed by atoms with Gasteiger partial charge in [0.15, 0.2) is 0 Å². The molecule has 42 heavy (non-hydrogen) atoms. The Morgan fingerprint density at radius 1 is 1.02 bits per heavy atom. The van der Waals surface area contributed by atoms with Gasteiger partial charge in [-0.2, -0.15) is 13.2 Å². The maximum Gasteiger partial charge on any atom is 0.410 e. The SMILES string of the molecule is C#CCC(C(=O)Cc1ccc(CCc2cccc([C]=CC(F)(F)F)c2)c(OCC)c1)c1ccc(F)cc1.C=O.COC.[HH].[HH].[HH]. The minimum absolute atomic E-state index is 0. The van der Waals surface area contributed by atoms with Crippen molar-refractivity contribution >= 4 is 12.6 Å². The molecule has 0 aliphatic heterocycles. The molecule has 0 aromatic heterocycles. The highest BCUT2D eigenvalue weighted by Crippen LogP contribution is 2.27. The summed E-state index contributed by atoms with van der Waals surface area (Å²) in [7, 11) is 3.25. The van der Waals surface area contributed by atoms with E-state index >= 15 is 0 Å². The summed E-state index contributed by atoms with van der Waals surface area (Å²) in [6, 6.07) is 18.2. The molecule has 0 saturated carbocycles. The van der Waals surface area contributed by atoms with Gasteiger partial charge in [0.2, 0.25) is 0 Å². The molecule has 4 nitrogen and oxygen atoms in total. The standard InChI is InChI=1S/C31H27F4O2.C2H6O.CH2O.3H2/c1-3-6-28(25-13-15-27(32)16-14-25)29(36)20-24-10-12-26(30(21-24)37-4-2)11-9-22-7-5-8-23(19-22)17-18-31(33,34)35;1-3-2;1-2;;;/h1,5,7-8,10,12-16,18-19,21,28H,4,6,9,11,20H2,2H3;1-2H3;1H2;3*1H. The fourth-order valence-electron chi connectivity index (χ4n) is 4.02. The number of terminal acetylenes is 1. The zero-order valence-corrected chi connectivity index (χ0v) is 24.0. The third kappa shape index (κ3) is 13.0. The molecule has 0 fully saturated rings. The van der Waals surface area contributed by atoms with Crippen LogP contribution in [0.5, 0.6) is 5.75 Å². The van der Waals surface area contributed by atoms with Crippen molar-refractivity contribution in [2.24, 2.45) is 0 Å². The van der Waals surface area contributed by atoms with E-state index in [0.717, 1.165) is 16.7 Å². The Hall–Kier alpha value is -4.22. The molecule has 0 N–H and O–H groups in total. The number of methoxy groups -OCH3 is 1. The predicted octanol–water partition coefficient (Wildman–Crippen LogP) is 8.01. The van der Waals surface area contributed by atoms with E-state index in [1.165, 1.54) is 12.1 Å². The summed E-state index contributed by atoms with van der Waals surface area (Å²) >= 11 is 0. The molecule has 0 bridgehead atoms. The molecule has 1 radical (unpaired) electrons. The van der Waals surface area contributed by atoms with Crippen LogP contribution in [0.1, 0.15) is 51.4 Å². The summed E-state index contributed by atoms with van der Waals surface area (Å²) in [6.07, 6.45) is 5.01. The van der Waals surface area contributed by atoms with Crippen LogP contribution in [0.2, 0.25) is 0 Å². The monoisotopic (exact) mass is 589 g/mol. The molecule has 1 unspecified atom stereocenters. The average Bonchev–Trinajstić information content (AvgIpc) is 2.96. The molecule has 3 aromatic rings. The second kappa shape index (κ2) is 19.0. The first kappa shape index (κ1) is 35.8. The molecular formula is C34H41F4O4. The third-order valence-electron chi connectivity index (χ3n) is 5.81. The molecule has 0 aliphatic carbocycles. The van der Waals surface area contributed by atoms with Gasteiger partial charge >= 0.3 is 6.18 Å². The minimum atomic E-state index is -4.41. The number of carbonyl (C=O) groups is 2. The van der Waals surface area contributed by atoms with Crippen molar-refractivity contribution in [3.05, 3.63) is 113 Å². The highest BCUT2D eigenvalue weighted by Gasteiger charge is 2.22. The Bertz CT molecular complexity index is 1320. The summed E-state index contributed by atoms with van der Waals surface area (Å²) in [5.74, 6) is 2.21. The van der Waals surface area contributed by atoms with Crippen molar-refractivity contribution in [3.63, 3.8) is 0 Å². The molecule has 3 rings (SSSR count). The van der Waals surface area contributed by atoms with Crippen LogP contribution in [0, 0.1) is 24.2 Å². The summed E-state index contributed by atoms with van der Waals surface area (Å²) in [5.41, 5.74) is 3.61.